The summed E-state index contributed by atoms with van der Waals surface area (Å²) in [6, 6.07) is 0. The SMILES string of the molecule is CC/C=C\C/C=C\C/C=C\C/C=C\C/C=C\C/C=C\C/C=C\C/C=C\CCCCCCCCC(=O)OCC(COC(=O)CCCCCCCCC)OC(=O)CCCCCCC/C=C\C/C=C\C/C=C\C/C=C\C/C=C\C/C=C\C/C=C\CC. The third kappa shape index (κ3) is 67.2. The van der Waals surface area contributed by atoms with Gasteiger partial charge in [0.25, 0.3) is 0 Å². The summed E-state index contributed by atoms with van der Waals surface area (Å²) >= 11 is 0. The van der Waals surface area contributed by atoms with E-state index in [1.165, 1.54) is 38.5 Å². The maximum atomic E-state index is 12.9. The van der Waals surface area contributed by atoms with Gasteiger partial charge >= 0.3 is 17.9 Å². The first-order valence-electron chi connectivity index (χ1n) is 33.3. The molecule has 0 N–H and O–H groups in total. The van der Waals surface area contributed by atoms with Gasteiger partial charge < -0.3 is 14.2 Å². The summed E-state index contributed by atoms with van der Waals surface area (Å²) in [6.07, 6.45) is 103. The molecule has 6 nitrogen and oxygen atoms in total. The van der Waals surface area contributed by atoms with E-state index in [2.05, 4.69) is 203 Å². The zero-order valence-electron chi connectivity index (χ0n) is 53.1. The van der Waals surface area contributed by atoms with Crippen molar-refractivity contribution in [2.75, 3.05) is 13.2 Å². The molecule has 0 heterocycles. The first-order valence-corrected chi connectivity index (χ1v) is 33.3. The van der Waals surface area contributed by atoms with Crippen LogP contribution in [0.4, 0.5) is 0 Å². The van der Waals surface area contributed by atoms with Gasteiger partial charge in [0.15, 0.2) is 6.10 Å². The van der Waals surface area contributed by atoms with Crippen molar-refractivity contribution in [3.05, 3.63) is 182 Å². The zero-order valence-corrected chi connectivity index (χ0v) is 53.1. The molecule has 0 fully saturated rings. The zero-order chi connectivity index (χ0) is 59.9. The lowest BCUT2D eigenvalue weighted by atomic mass is 10.1. The maximum absolute atomic E-state index is 12.9. The molecule has 0 aliphatic carbocycles. The third-order valence-electron chi connectivity index (χ3n) is 13.4. The monoisotopic (exact) mass is 1140 g/mol. The maximum Gasteiger partial charge on any atom is 0.306 e. The standard InChI is InChI=1S/C77H120O6/c1-4-7-10-13-16-18-20-22-24-26-28-30-32-34-36-37-38-39-41-42-44-46-48-50-52-54-56-58-61-64-67-70-76(79)82-73-74(72-81-75(78)69-66-63-60-15-12-9-6-3)83-77(80)71-68-65-62-59-57-55-53-51-49-47-45-43-40-35-33-31-29-27-25-23-21-19-17-14-11-8-5-2/h7-8,10-11,16-19,22-25,28-31,34-36,38-40,42,44-45,47-48,50-51,53,74H,4-6,9,12-15,20-21,26-27,32-33,37,41,43,46,49,52,54-73H2,1-3H3/b10-7-,11-8-,18-16-,19-17-,24-22-,25-23-,30-28-,31-29-,36-34-,39-38-,40-35-,44-42-,47-45-,50-48-,53-51-. The van der Waals surface area contributed by atoms with Crippen LogP contribution >= 0.6 is 0 Å². The van der Waals surface area contributed by atoms with Crippen LogP contribution in [0.2, 0.25) is 0 Å². The van der Waals surface area contributed by atoms with Crippen LogP contribution in [-0.2, 0) is 28.6 Å². The number of carbonyl (C=O) groups excluding carboxylic acids is 3. The summed E-state index contributed by atoms with van der Waals surface area (Å²) in [6.45, 7) is 6.33. The Bertz CT molecular complexity index is 1940. The highest BCUT2D eigenvalue weighted by atomic mass is 16.6. The largest absolute Gasteiger partial charge is 0.462 e. The molecule has 0 saturated heterocycles. The number of esters is 3. The number of unbranched alkanes of at least 4 members (excludes halogenated alkanes) is 17. The molecule has 0 aromatic rings. The highest BCUT2D eigenvalue weighted by Gasteiger charge is 2.19. The van der Waals surface area contributed by atoms with Crippen molar-refractivity contribution in [3.8, 4) is 0 Å². The molecule has 0 spiro atoms. The number of allylic oxidation sites excluding steroid dienone is 30. The van der Waals surface area contributed by atoms with Gasteiger partial charge in [0.05, 0.1) is 0 Å². The molecule has 0 aromatic heterocycles. The molecule has 0 aliphatic rings. The second kappa shape index (κ2) is 69.0. The number of hydrogen-bond acceptors (Lipinski definition) is 6. The van der Waals surface area contributed by atoms with Crippen molar-refractivity contribution in [2.24, 2.45) is 0 Å². The molecule has 1 atom stereocenters. The highest BCUT2D eigenvalue weighted by Crippen LogP contribution is 2.14. The van der Waals surface area contributed by atoms with Gasteiger partial charge in [0.2, 0.25) is 0 Å². The Balaban J connectivity index is 4.26. The number of carbonyl (C=O) groups is 3. The van der Waals surface area contributed by atoms with E-state index in [1.54, 1.807) is 0 Å². The van der Waals surface area contributed by atoms with Crippen molar-refractivity contribution in [2.45, 2.75) is 271 Å². The molecule has 464 valence electrons. The van der Waals surface area contributed by atoms with Gasteiger partial charge in [-0.1, -0.05) is 287 Å². The van der Waals surface area contributed by atoms with Crippen molar-refractivity contribution in [1.29, 1.82) is 0 Å². The van der Waals surface area contributed by atoms with E-state index in [0.29, 0.717) is 19.3 Å². The summed E-state index contributed by atoms with van der Waals surface area (Å²) in [5, 5.41) is 0. The average Bonchev–Trinajstić information content (AvgIpc) is 3.50. The Hall–Kier alpha value is -5.49. The Labute approximate surface area is 510 Å². The minimum Gasteiger partial charge on any atom is -0.462 e. The van der Waals surface area contributed by atoms with Gasteiger partial charge in [-0.05, 0) is 141 Å². The highest BCUT2D eigenvalue weighted by molar-refractivity contribution is 5.71. The lowest BCUT2D eigenvalue weighted by molar-refractivity contribution is -0.167. The lowest BCUT2D eigenvalue weighted by Gasteiger charge is -2.18. The van der Waals surface area contributed by atoms with E-state index in [-0.39, 0.29) is 31.1 Å². The fraction of sp³-hybridized carbons (Fsp3) is 0.571. The van der Waals surface area contributed by atoms with E-state index in [9.17, 15) is 14.4 Å². The predicted molar refractivity (Wildman–Crippen MR) is 361 cm³/mol. The summed E-state index contributed by atoms with van der Waals surface area (Å²) in [4.78, 5) is 38.1. The molecule has 0 aromatic carbocycles. The Kier molecular flexibility index (Phi) is 64.4. The van der Waals surface area contributed by atoms with Gasteiger partial charge in [-0.25, -0.2) is 0 Å². The van der Waals surface area contributed by atoms with Crippen LogP contribution in [0.1, 0.15) is 265 Å². The Morgan fingerprint density at radius 2 is 0.470 bits per heavy atom. The smallest absolute Gasteiger partial charge is 0.306 e. The van der Waals surface area contributed by atoms with E-state index < -0.39 is 6.10 Å². The first kappa shape index (κ1) is 77.5. The normalized spacial score (nSPS) is 13.3. The van der Waals surface area contributed by atoms with Gasteiger partial charge in [-0.15, -0.1) is 0 Å². The molecule has 0 radical (unpaired) electrons. The number of hydrogen-bond donors (Lipinski definition) is 0. The van der Waals surface area contributed by atoms with Crippen LogP contribution in [0.25, 0.3) is 0 Å². The van der Waals surface area contributed by atoms with Crippen LogP contribution < -0.4 is 0 Å². The van der Waals surface area contributed by atoms with E-state index in [0.717, 1.165) is 186 Å². The molecule has 1 unspecified atom stereocenters. The average molecular weight is 1140 g/mol. The quantitative estimate of drug-likeness (QED) is 0.0261. The molecule has 0 aliphatic heterocycles. The molecule has 0 saturated carbocycles. The van der Waals surface area contributed by atoms with Gasteiger partial charge in [0, 0.05) is 19.3 Å². The summed E-state index contributed by atoms with van der Waals surface area (Å²) in [5.74, 6) is -0.946. The molecule has 6 heteroatoms. The van der Waals surface area contributed by atoms with Gasteiger partial charge in [0.1, 0.15) is 13.2 Å². The second-order valence-corrected chi connectivity index (χ2v) is 21.3. The first-order chi connectivity index (χ1) is 41.0. The topological polar surface area (TPSA) is 78.9 Å². The Morgan fingerprint density at radius 1 is 0.253 bits per heavy atom. The molecular weight excluding hydrogens is 1020 g/mol. The van der Waals surface area contributed by atoms with Gasteiger partial charge in [-0.3, -0.25) is 14.4 Å². The number of ether oxygens (including phenoxy) is 3. The molecular formula is C77H120O6. The van der Waals surface area contributed by atoms with Crippen LogP contribution in [0.15, 0.2) is 182 Å². The van der Waals surface area contributed by atoms with Crippen LogP contribution in [0.5, 0.6) is 0 Å². The van der Waals surface area contributed by atoms with Crippen LogP contribution in [-0.4, -0.2) is 37.2 Å². The van der Waals surface area contributed by atoms with Crippen molar-refractivity contribution >= 4 is 17.9 Å². The van der Waals surface area contributed by atoms with Crippen molar-refractivity contribution in [3.63, 3.8) is 0 Å². The van der Waals surface area contributed by atoms with E-state index in [4.69, 9.17) is 14.2 Å². The third-order valence-corrected chi connectivity index (χ3v) is 13.4. The fourth-order valence-electron chi connectivity index (χ4n) is 8.50. The minimum atomic E-state index is -0.803. The molecule has 0 amide bonds. The fourth-order valence-corrected chi connectivity index (χ4v) is 8.50. The van der Waals surface area contributed by atoms with Gasteiger partial charge in [-0.2, -0.15) is 0 Å². The van der Waals surface area contributed by atoms with Crippen molar-refractivity contribution in [1.82, 2.24) is 0 Å². The van der Waals surface area contributed by atoms with Crippen LogP contribution in [0, 0.1) is 0 Å². The summed E-state index contributed by atoms with van der Waals surface area (Å²) in [5.41, 5.74) is 0. The van der Waals surface area contributed by atoms with E-state index >= 15 is 0 Å². The summed E-state index contributed by atoms with van der Waals surface area (Å²) < 4.78 is 16.8. The Morgan fingerprint density at radius 3 is 0.735 bits per heavy atom. The second-order valence-electron chi connectivity index (χ2n) is 21.3. The van der Waals surface area contributed by atoms with Crippen LogP contribution in [0.3, 0.4) is 0 Å². The lowest BCUT2D eigenvalue weighted by Crippen LogP contribution is -2.30. The van der Waals surface area contributed by atoms with E-state index in [1.807, 2.05) is 0 Å². The molecule has 83 heavy (non-hydrogen) atoms. The summed E-state index contributed by atoms with van der Waals surface area (Å²) in [7, 11) is 0. The molecule has 0 bridgehead atoms. The number of rotatable bonds is 58. The van der Waals surface area contributed by atoms with Crippen molar-refractivity contribution < 1.29 is 28.6 Å². The predicted octanol–water partition coefficient (Wildman–Crippen LogP) is 23.2. The minimum absolute atomic E-state index is 0.0983. The molecule has 0 rings (SSSR count).